The summed E-state index contributed by atoms with van der Waals surface area (Å²) in [6.45, 7) is 6.24. The summed E-state index contributed by atoms with van der Waals surface area (Å²) in [6.07, 6.45) is 2.31. The van der Waals surface area contributed by atoms with Crippen LogP contribution in [0, 0.1) is 24.5 Å². The van der Waals surface area contributed by atoms with Gasteiger partial charge in [-0.05, 0) is 42.3 Å². The number of piperidine rings is 3. The van der Waals surface area contributed by atoms with E-state index in [2.05, 4.69) is 31.2 Å². The minimum absolute atomic E-state index is 0.102. The van der Waals surface area contributed by atoms with E-state index < -0.39 is 11.9 Å². The van der Waals surface area contributed by atoms with E-state index in [-0.39, 0.29) is 24.2 Å². The molecule has 6 rings (SSSR count). The summed E-state index contributed by atoms with van der Waals surface area (Å²) in [6, 6.07) is 20.8. The number of aryl methyl sites for hydroxylation is 1. The van der Waals surface area contributed by atoms with Crippen LogP contribution in [-0.2, 0) is 17.7 Å². The third kappa shape index (κ3) is 5.44. The third-order valence-electron chi connectivity index (χ3n) is 7.91. The predicted molar refractivity (Wildman–Crippen MR) is 137 cm³/mol. The number of carbonyl (C=O) groups excluding carboxylic acids is 1. The summed E-state index contributed by atoms with van der Waals surface area (Å²) in [7, 11) is 0. The maximum absolute atomic E-state index is 14.7. The molecule has 3 heterocycles. The van der Waals surface area contributed by atoms with E-state index in [9.17, 15) is 13.6 Å². The van der Waals surface area contributed by atoms with Gasteiger partial charge in [0, 0.05) is 25.2 Å². The first-order valence-corrected chi connectivity index (χ1v) is 12.8. The van der Waals surface area contributed by atoms with E-state index in [1.807, 2.05) is 0 Å². The maximum Gasteiger partial charge on any atom is 0.415 e. The first-order chi connectivity index (χ1) is 17.4. The van der Waals surface area contributed by atoms with Crippen LogP contribution in [0.3, 0.4) is 0 Å². The number of ether oxygens (including phenoxy) is 1. The largest absolute Gasteiger partial charge is 0.440 e. The Hall–Kier alpha value is -3.25. The first kappa shape index (κ1) is 24.4. The Morgan fingerprint density at radius 1 is 0.944 bits per heavy atom. The van der Waals surface area contributed by atoms with Gasteiger partial charge in [0.05, 0.1) is 31.9 Å². The monoisotopic (exact) mass is 491 g/mol. The Balaban J connectivity index is 1.30. The molecule has 3 aliphatic rings. The van der Waals surface area contributed by atoms with Gasteiger partial charge in [0.15, 0.2) is 6.10 Å². The number of quaternary nitrogens is 1. The van der Waals surface area contributed by atoms with Crippen molar-refractivity contribution in [3.63, 3.8) is 0 Å². The molecule has 0 radical (unpaired) electrons. The SMILES string of the molecule is Cc1ccc(CC[N+]23CCC(CC2)C(OC(=O)N(Cc2ccc(F)cc2)c2ccccc2F)C3)cc1. The number of carbonyl (C=O) groups is 1. The lowest BCUT2D eigenvalue weighted by atomic mass is 9.83. The fraction of sp³-hybridized carbons (Fsp3) is 0.367. The number of amides is 1. The Labute approximate surface area is 211 Å². The second kappa shape index (κ2) is 10.4. The molecule has 0 N–H and O–H groups in total. The van der Waals surface area contributed by atoms with Crippen LogP contribution < -0.4 is 4.90 Å². The summed E-state index contributed by atoms with van der Waals surface area (Å²) in [5.74, 6) is -0.514. The van der Waals surface area contributed by atoms with Gasteiger partial charge in [0.2, 0.25) is 0 Å². The highest BCUT2D eigenvalue weighted by atomic mass is 19.1. The predicted octanol–water partition coefficient (Wildman–Crippen LogP) is 6.27. The molecule has 1 unspecified atom stereocenters. The molecular weight excluding hydrogens is 458 g/mol. The Morgan fingerprint density at radius 2 is 1.61 bits per heavy atom. The molecule has 3 aromatic rings. The highest BCUT2D eigenvalue weighted by Crippen LogP contribution is 2.36. The number of anilines is 1. The lowest BCUT2D eigenvalue weighted by Crippen LogP contribution is -2.65. The quantitative estimate of drug-likeness (QED) is 0.365. The van der Waals surface area contributed by atoms with Gasteiger partial charge in [0.1, 0.15) is 18.2 Å². The van der Waals surface area contributed by atoms with Crippen molar-refractivity contribution in [3.05, 3.63) is 101 Å². The van der Waals surface area contributed by atoms with Crippen LogP contribution in [-0.4, -0.2) is 42.9 Å². The van der Waals surface area contributed by atoms with Crippen LogP contribution in [0.4, 0.5) is 19.3 Å². The van der Waals surface area contributed by atoms with Gasteiger partial charge in [-0.25, -0.2) is 13.6 Å². The molecule has 6 heteroatoms. The molecule has 3 fully saturated rings. The number of benzene rings is 3. The average Bonchev–Trinajstić information content (AvgIpc) is 2.89. The number of rotatable bonds is 7. The average molecular weight is 492 g/mol. The molecule has 0 aliphatic carbocycles. The Morgan fingerprint density at radius 3 is 2.31 bits per heavy atom. The maximum atomic E-state index is 14.7. The van der Waals surface area contributed by atoms with Gasteiger partial charge in [0.25, 0.3) is 0 Å². The van der Waals surface area contributed by atoms with Gasteiger partial charge < -0.3 is 9.22 Å². The fourth-order valence-corrected chi connectivity index (χ4v) is 5.67. The normalized spacial score (nSPS) is 22.9. The van der Waals surface area contributed by atoms with Crippen LogP contribution in [0.25, 0.3) is 0 Å². The van der Waals surface area contributed by atoms with Gasteiger partial charge in [-0.15, -0.1) is 0 Å². The highest BCUT2D eigenvalue weighted by molar-refractivity contribution is 5.87. The summed E-state index contributed by atoms with van der Waals surface area (Å²) < 4.78 is 35.2. The third-order valence-corrected chi connectivity index (χ3v) is 7.91. The zero-order valence-corrected chi connectivity index (χ0v) is 20.7. The van der Waals surface area contributed by atoms with Gasteiger partial charge in [-0.2, -0.15) is 0 Å². The van der Waals surface area contributed by atoms with Crippen LogP contribution in [0.1, 0.15) is 29.5 Å². The summed E-state index contributed by atoms with van der Waals surface area (Å²) >= 11 is 0. The highest BCUT2D eigenvalue weighted by Gasteiger charge is 2.47. The van der Waals surface area contributed by atoms with E-state index in [4.69, 9.17) is 4.74 Å². The van der Waals surface area contributed by atoms with Crippen molar-refractivity contribution in [1.29, 1.82) is 0 Å². The molecular formula is C30H33F2N2O2+. The second-order valence-corrected chi connectivity index (χ2v) is 10.4. The van der Waals surface area contributed by atoms with E-state index in [0.29, 0.717) is 11.5 Å². The molecule has 3 aliphatic heterocycles. The first-order valence-electron chi connectivity index (χ1n) is 12.8. The fourth-order valence-electron chi connectivity index (χ4n) is 5.67. The molecule has 36 heavy (non-hydrogen) atoms. The lowest BCUT2D eigenvalue weighted by molar-refractivity contribution is -0.945. The second-order valence-electron chi connectivity index (χ2n) is 10.4. The molecule has 2 bridgehead atoms. The van der Waals surface area contributed by atoms with Crippen molar-refractivity contribution in [2.24, 2.45) is 5.92 Å². The molecule has 0 saturated carbocycles. The van der Waals surface area contributed by atoms with Crippen molar-refractivity contribution in [2.45, 2.75) is 38.8 Å². The number of para-hydroxylation sites is 1. The molecule has 3 saturated heterocycles. The van der Waals surface area contributed by atoms with Crippen LogP contribution in [0.15, 0.2) is 72.8 Å². The van der Waals surface area contributed by atoms with Gasteiger partial charge >= 0.3 is 6.09 Å². The minimum Gasteiger partial charge on any atom is -0.440 e. The van der Waals surface area contributed by atoms with Crippen molar-refractivity contribution in [2.75, 3.05) is 31.1 Å². The van der Waals surface area contributed by atoms with E-state index in [0.717, 1.165) is 49.9 Å². The number of fused-ring (bicyclic) bond motifs is 3. The number of hydrogen-bond donors (Lipinski definition) is 0. The smallest absolute Gasteiger partial charge is 0.415 e. The van der Waals surface area contributed by atoms with Crippen molar-refractivity contribution in [1.82, 2.24) is 0 Å². The van der Waals surface area contributed by atoms with Gasteiger partial charge in [-0.3, -0.25) is 4.90 Å². The molecule has 0 aromatic heterocycles. The van der Waals surface area contributed by atoms with E-state index in [1.165, 1.54) is 34.2 Å². The van der Waals surface area contributed by atoms with Crippen LogP contribution in [0.2, 0.25) is 0 Å². The topological polar surface area (TPSA) is 29.5 Å². The van der Waals surface area contributed by atoms with E-state index in [1.54, 1.807) is 30.3 Å². The standard InChI is InChI=1S/C30H33F2N2O2/c1-22-6-8-23(9-7-22)14-17-34-18-15-25(16-19-34)29(21-34)36-30(35)33(28-5-3-2-4-27(28)32)20-24-10-12-26(31)13-11-24/h2-13,25,29H,14-21H2,1H3/q+1. The molecule has 4 nitrogen and oxygen atoms in total. The summed E-state index contributed by atoms with van der Waals surface area (Å²) in [4.78, 5) is 14.8. The van der Waals surface area contributed by atoms with Gasteiger partial charge in [-0.1, -0.05) is 54.1 Å². The van der Waals surface area contributed by atoms with Crippen molar-refractivity contribution < 1.29 is 22.8 Å². The lowest BCUT2D eigenvalue weighted by Gasteiger charge is -2.52. The number of halogens is 2. The van der Waals surface area contributed by atoms with E-state index >= 15 is 0 Å². The summed E-state index contributed by atoms with van der Waals surface area (Å²) in [5, 5.41) is 0. The van der Waals surface area contributed by atoms with Crippen molar-refractivity contribution >= 4 is 11.8 Å². The molecule has 188 valence electrons. The Kier molecular flexibility index (Phi) is 7.06. The number of hydrogen-bond acceptors (Lipinski definition) is 2. The molecule has 1 atom stereocenters. The van der Waals surface area contributed by atoms with Crippen molar-refractivity contribution in [3.8, 4) is 0 Å². The summed E-state index contributed by atoms with van der Waals surface area (Å²) in [5.41, 5.74) is 3.46. The number of nitrogens with zero attached hydrogens (tertiary/aromatic N) is 2. The molecule has 1 amide bonds. The van der Waals surface area contributed by atoms with Crippen LogP contribution in [0.5, 0.6) is 0 Å². The Bertz CT molecular complexity index is 1190. The zero-order valence-electron chi connectivity index (χ0n) is 20.7. The minimum atomic E-state index is -0.556. The molecule has 0 spiro atoms. The molecule has 3 aromatic carbocycles. The van der Waals surface area contributed by atoms with Crippen LogP contribution >= 0.6 is 0 Å². The zero-order chi connectivity index (χ0) is 25.1.